The van der Waals surface area contributed by atoms with Gasteiger partial charge in [0, 0.05) is 11.8 Å². The molecule has 88 valence electrons. The first-order valence-electron chi connectivity index (χ1n) is 3.87. The Morgan fingerprint density at radius 2 is 0.857 bits per heavy atom. The number of hydrogen-bond acceptors (Lipinski definition) is 2. The van der Waals surface area contributed by atoms with Crippen LogP contribution in [0.25, 0.3) is 0 Å². The third-order valence-electron chi connectivity index (χ3n) is 1.14. The Morgan fingerprint density at radius 1 is 0.786 bits per heavy atom. The molecule has 0 saturated heterocycles. The van der Waals surface area contributed by atoms with Gasteiger partial charge in [-0.05, 0) is 0 Å². The summed E-state index contributed by atoms with van der Waals surface area (Å²) in [7, 11) is 0. The van der Waals surface area contributed by atoms with Crippen LogP contribution in [0.5, 0.6) is 0 Å². The molecule has 0 rings (SSSR count). The summed E-state index contributed by atoms with van der Waals surface area (Å²) >= 11 is 0. The Labute approximate surface area is 97.6 Å². The van der Waals surface area contributed by atoms with E-state index in [-0.39, 0.29) is 48.5 Å². The molecule has 0 fully saturated rings. The number of halogens is 2. The second kappa shape index (κ2) is 12.5. The molecule has 14 heavy (non-hydrogen) atoms. The average Bonchev–Trinajstić information content (AvgIpc) is 1.88. The lowest BCUT2D eigenvalue weighted by Gasteiger charge is -1.90. The van der Waals surface area contributed by atoms with Crippen molar-refractivity contribution in [2.45, 2.75) is 27.7 Å². The highest BCUT2D eigenvalue weighted by atomic mass is 35.5. The highest BCUT2D eigenvalue weighted by Crippen LogP contribution is 1.85. The molecule has 0 saturated carbocycles. The van der Waals surface area contributed by atoms with E-state index in [0.717, 1.165) is 0 Å². The van der Waals surface area contributed by atoms with Crippen molar-refractivity contribution in [2.75, 3.05) is 0 Å². The summed E-state index contributed by atoms with van der Waals surface area (Å²) in [5.41, 5.74) is 9.59. The van der Waals surface area contributed by atoms with E-state index in [0.29, 0.717) is 0 Å². The van der Waals surface area contributed by atoms with E-state index in [4.69, 9.17) is 11.5 Å². The molecule has 0 spiro atoms. The summed E-state index contributed by atoms with van der Waals surface area (Å²) in [6.45, 7) is 7.06. The normalized spacial score (nSPS) is 7.86. The Hall–Kier alpha value is -0.480. The molecule has 0 aromatic carbocycles. The fraction of sp³-hybridized carbons (Fsp3) is 0.750. The molecule has 0 aromatic rings. The number of carbonyl (C=O) groups excluding carboxylic acids is 2. The maximum Gasteiger partial charge on any atom is 0.219 e. The van der Waals surface area contributed by atoms with Gasteiger partial charge in [-0.15, -0.1) is 24.8 Å². The van der Waals surface area contributed by atoms with Crippen LogP contribution in [-0.2, 0) is 9.59 Å². The molecule has 0 aliphatic carbocycles. The predicted molar refractivity (Wildman–Crippen MR) is 62.6 cm³/mol. The van der Waals surface area contributed by atoms with Crippen molar-refractivity contribution in [1.29, 1.82) is 0 Å². The Morgan fingerprint density at radius 3 is 0.857 bits per heavy atom. The van der Waals surface area contributed by atoms with E-state index in [1.165, 1.54) is 0 Å². The lowest BCUT2D eigenvalue weighted by molar-refractivity contribution is -0.121. The van der Waals surface area contributed by atoms with Crippen LogP contribution in [0, 0.1) is 11.8 Å². The van der Waals surface area contributed by atoms with Crippen molar-refractivity contribution in [3.05, 3.63) is 0 Å². The van der Waals surface area contributed by atoms with Crippen LogP contribution in [0.3, 0.4) is 0 Å². The summed E-state index contributed by atoms with van der Waals surface area (Å²) in [6.07, 6.45) is 0. The van der Waals surface area contributed by atoms with Gasteiger partial charge in [0.1, 0.15) is 0 Å². The zero-order valence-electron chi connectivity index (χ0n) is 8.94. The molecule has 0 radical (unpaired) electrons. The van der Waals surface area contributed by atoms with Crippen molar-refractivity contribution in [3.63, 3.8) is 0 Å². The quantitative estimate of drug-likeness (QED) is 0.765. The number of amides is 2. The van der Waals surface area contributed by atoms with Crippen molar-refractivity contribution in [2.24, 2.45) is 23.3 Å². The van der Waals surface area contributed by atoms with E-state index in [1.54, 1.807) is 27.7 Å². The highest BCUT2D eigenvalue weighted by Gasteiger charge is 1.96. The standard InChI is InChI=1S/2C4H9NO.2ClH/c2*1-3(2)4(5)6;;/h2*3H,1-2H3,(H2,5,6);2*1H. The first-order valence-corrected chi connectivity index (χ1v) is 3.87. The van der Waals surface area contributed by atoms with Gasteiger partial charge in [0.2, 0.25) is 11.8 Å². The zero-order chi connectivity index (χ0) is 10.3. The fourth-order valence-electron chi connectivity index (χ4n) is 0. The molecule has 4 nitrogen and oxygen atoms in total. The van der Waals surface area contributed by atoms with Gasteiger partial charge in [-0.25, -0.2) is 0 Å². The summed E-state index contributed by atoms with van der Waals surface area (Å²) in [5, 5.41) is 0. The topological polar surface area (TPSA) is 86.2 Å². The van der Waals surface area contributed by atoms with E-state index in [2.05, 4.69) is 0 Å². The number of carbonyl (C=O) groups is 2. The molecule has 0 aromatic heterocycles. The largest absolute Gasteiger partial charge is 0.369 e. The summed E-state index contributed by atoms with van der Waals surface area (Å²) in [6, 6.07) is 0. The summed E-state index contributed by atoms with van der Waals surface area (Å²) in [5.74, 6) is -0.500. The van der Waals surface area contributed by atoms with E-state index < -0.39 is 0 Å². The van der Waals surface area contributed by atoms with Crippen LogP contribution in [0.1, 0.15) is 27.7 Å². The second-order valence-corrected chi connectivity index (χ2v) is 3.11. The van der Waals surface area contributed by atoms with Crippen LogP contribution >= 0.6 is 24.8 Å². The minimum absolute atomic E-state index is 0. The highest BCUT2D eigenvalue weighted by molar-refractivity contribution is 5.85. The van der Waals surface area contributed by atoms with Gasteiger partial charge in [0.05, 0.1) is 0 Å². The molecule has 0 unspecified atom stereocenters. The number of primary amides is 2. The van der Waals surface area contributed by atoms with Gasteiger partial charge < -0.3 is 11.5 Å². The molecule has 0 aliphatic heterocycles. The minimum Gasteiger partial charge on any atom is -0.369 e. The molecule has 0 bridgehead atoms. The van der Waals surface area contributed by atoms with E-state index >= 15 is 0 Å². The van der Waals surface area contributed by atoms with Crippen molar-refractivity contribution >= 4 is 36.6 Å². The number of rotatable bonds is 2. The van der Waals surface area contributed by atoms with Gasteiger partial charge >= 0.3 is 0 Å². The number of hydrogen-bond donors (Lipinski definition) is 2. The summed E-state index contributed by atoms with van der Waals surface area (Å²) in [4.78, 5) is 19.8. The molecular weight excluding hydrogens is 227 g/mol. The van der Waals surface area contributed by atoms with Crippen molar-refractivity contribution in [3.8, 4) is 0 Å². The van der Waals surface area contributed by atoms with Crippen LogP contribution in [-0.4, -0.2) is 11.8 Å². The minimum atomic E-state index is -0.241. The lowest BCUT2D eigenvalue weighted by atomic mass is 10.2. The molecule has 0 atom stereocenters. The first-order chi connectivity index (χ1) is 5.29. The third-order valence-corrected chi connectivity index (χ3v) is 1.14. The average molecular weight is 247 g/mol. The Bertz CT molecular complexity index is 143. The summed E-state index contributed by atoms with van der Waals surface area (Å²) < 4.78 is 0. The monoisotopic (exact) mass is 246 g/mol. The molecule has 2 amide bonds. The second-order valence-electron chi connectivity index (χ2n) is 3.11. The third kappa shape index (κ3) is 22.5. The zero-order valence-corrected chi connectivity index (χ0v) is 10.6. The molecule has 0 heterocycles. The molecule has 0 aliphatic rings. The number of nitrogens with two attached hydrogens (primary N) is 2. The van der Waals surface area contributed by atoms with Crippen molar-refractivity contribution < 1.29 is 9.59 Å². The van der Waals surface area contributed by atoms with E-state index in [9.17, 15) is 9.59 Å². The van der Waals surface area contributed by atoms with Gasteiger partial charge in [0.25, 0.3) is 0 Å². The maximum atomic E-state index is 9.92. The van der Waals surface area contributed by atoms with Crippen molar-refractivity contribution in [1.82, 2.24) is 0 Å². The van der Waals surface area contributed by atoms with E-state index in [1.807, 2.05) is 0 Å². The SMILES string of the molecule is CC(C)C(N)=O.CC(C)C(N)=O.Cl.Cl. The van der Waals surface area contributed by atoms with Gasteiger partial charge in [0.15, 0.2) is 0 Å². The molecular formula is C8H20Cl2N2O2. The smallest absolute Gasteiger partial charge is 0.219 e. The lowest BCUT2D eigenvalue weighted by Crippen LogP contribution is -2.17. The van der Waals surface area contributed by atoms with Crippen LogP contribution in [0.4, 0.5) is 0 Å². The van der Waals surface area contributed by atoms with Crippen LogP contribution in [0.2, 0.25) is 0 Å². The molecule has 6 heteroatoms. The van der Waals surface area contributed by atoms with Crippen LogP contribution < -0.4 is 11.5 Å². The predicted octanol–water partition coefficient (Wildman–Crippen LogP) is 1.10. The molecule has 4 N–H and O–H groups in total. The first kappa shape index (κ1) is 23.4. The Kier molecular flexibility index (Phi) is 20.9. The Balaban J connectivity index is -0.0000000625. The van der Waals surface area contributed by atoms with Gasteiger partial charge in [-0.2, -0.15) is 0 Å². The van der Waals surface area contributed by atoms with Crippen LogP contribution in [0.15, 0.2) is 0 Å². The maximum absolute atomic E-state index is 9.92. The fourth-order valence-corrected chi connectivity index (χ4v) is 0. The van der Waals surface area contributed by atoms with Gasteiger partial charge in [-0.1, -0.05) is 27.7 Å². The van der Waals surface area contributed by atoms with Gasteiger partial charge in [-0.3, -0.25) is 9.59 Å².